The topological polar surface area (TPSA) is 58.4 Å². The number of carboxylic acids is 1. The molecule has 0 aromatic carbocycles. The van der Waals surface area contributed by atoms with Gasteiger partial charge in [0.25, 0.3) is 0 Å². The molecule has 5 nitrogen and oxygen atoms in total. The minimum atomic E-state index is -0.908. The van der Waals surface area contributed by atoms with E-state index in [1.54, 1.807) is 4.68 Å². The number of hydrogen-bond donors (Lipinski definition) is 1. The molecule has 1 aromatic heterocycles. The fourth-order valence-corrected chi connectivity index (χ4v) is 4.16. The van der Waals surface area contributed by atoms with Gasteiger partial charge in [0.05, 0.1) is 0 Å². The Hall–Kier alpha value is -1.01. The number of rotatable bonds is 2. The van der Waals surface area contributed by atoms with E-state index in [9.17, 15) is 9.90 Å². The van der Waals surface area contributed by atoms with Crippen molar-refractivity contribution in [3.05, 3.63) is 17.0 Å². The van der Waals surface area contributed by atoms with Gasteiger partial charge < -0.3 is 5.11 Å². The van der Waals surface area contributed by atoms with Crippen LogP contribution in [0.3, 0.4) is 0 Å². The molecule has 2 aliphatic rings. The van der Waals surface area contributed by atoms with Gasteiger partial charge in [-0.3, -0.25) is 9.58 Å². The van der Waals surface area contributed by atoms with Crippen LogP contribution in [0.1, 0.15) is 28.2 Å². The lowest BCUT2D eigenvalue weighted by molar-refractivity contribution is 0.0686. The van der Waals surface area contributed by atoms with Gasteiger partial charge in [-0.25, -0.2) is 4.79 Å². The zero-order valence-electron chi connectivity index (χ0n) is 10.4. The minimum Gasteiger partial charge on any atom is -0.476 e. The van der Waals surface area contributed by atoms with Crippen LogP contribution in [0.15, 0.2) is 0 Å². The van der Waals surface area contributed by atoms with Gasteiger partial charge in [-0.05, 0) is 12.2 Å². The highest BCUT2D eigenvalue weighted by molar-refractivity contribution is 7.99. The fraction of sp³-hybridized carbons (Fsp3) is 0.667. The molecule has 2 aliphatic heterocycles. The first-order chi connectivity index (χ1) is 8.66. The first-order valence-corrected chi connectivity index (χ1v) is 7.42. The Labute approximate surface area is 110 Å². The second-order valence-electron chi connectivity index (χ2n) is 4.94. The van der Waals surface area contributed by atoms with Crippen LogP contribution >= 0.6 is 11.8 Å². The first-order valence-electron chi connectivity index (χ1n) is 6.26. The van der Waals surface area contributed by atoms with Crippen molar-refractivity contribution in [2.24, 2.45) is 7.05 Å². The molecule has 0 unspecified atom stereocenters. The predicted molar refractivity (Wildman–Crippen MR) is 70.0 cm³/mol. The number of fused-ring (bicyclic) bond motifs is 1. The molecule has 1 aromatic rings. The van der Waals surface area contributed by atoms with E-state index in [1.165, 1.54) is 17.9 Å². The van der Waals surface area contributed by atoms with Gasteiger partial charge in [0.2, 0.25) is 0 Å². The Bertz CT molecular complexity index is 480. The zero-order chi connectivity index (χ0) is 12.7. The summed E-state index contributed by atoms with van der Waals surface area (Å²) in [6.45, 7) is 1.77. The van der Waals surface area contributed by atoms with Gasteiger partial charge in [-0.1, -0.05) is 0 Å². The Balaban J connectivity index is 1.88. The van der Waals surface area contributed by atoms with Crippen LogP contribution in [0.2, 0.25) is 0 Å². The highest BCUT2D eigenvalue weighted by atomic mass is 32.2. The molecule has 1 atom stereocenters. The van der Waals surface area contributed by atoms with Crippen molar-refractivity contribution in [2.45, 2.75) is 25.4 Å². The van der Waals surface area contributed by atoms with Crippen molar-refractivity contribution >= 4 is 17.7 Å². The molecule has 3 rings (SSSR count). The molecule has 1 saturated heterocycles. The largest absolute Gasteiger partial charge is 0.476 e. The summed E-state index contributed by atoms with van der Waals surface area (Å²) in [4.78, 5) is 13.6. The summed E-state index contributed by atoms with van der Waals surface area (Å²) in [7, 11) is 1.84. The third-order valence-electron chi connectivity index (χ3n) is 3.90. The standard InChI is InChI=1S/C12H17N3O2S/c1-14-10-2-4-15(8-3-5-18-7-8)6-9(10)11(13-14)12(16)17/h8H,2-7H2,1H3,(H,16,17)/t8-/m0/s1. The summed E-state index contributed by atoms with van der Waals surface area (Å²) in [5.41, 5.74) is 2.25. The number of hydrogen-bond acceptors (Lipinski definition) is 4. The van der Waals surface area contributed by atoms with Crippen molar-refractivity contribution in [3.63, 3.8) is 0 Å². The molecule has 6 heteroatoms. The van der Waals surface area contributed by atoms with E-state index in [0.717, 1.165) is 30.8 Å². The molecule has 0 bridgehead atoms. The fourth-order valence-electron chi connectivity index (χ4n) is 2.91. The van der Waals surface area contributed by atoms with Crippen molar-refractivity contribution in [3.8, 4) is 0 Å². The molecule has 98 valence electrons. The summed E-state index contributed by atoms with van der Waals surface area (Å²) in [6, 6.07) is 0.616. The van der Waals surface area contributed by atoms with E-state index >= 15 is 0 Å². The maximum absolute atomic E-state index is 11.2. The van der Waals surface area contributed by atoms with E-state index in [1.807, 2.05) is 18.8 Å². The molecule has 0 aliphatic carbocycles. The zero-order valence-corrected chi connectivity index (χ0v) is 11.2. The molecule has 18 heavy (non-hydrogen) atoms. The molecule has 0 amide bonds. The Morgan fingerprint density at radius 1 is 1.56 bits per heavy atom. The van der Waals surface area contributed by atoms with Gasteiger partial charge >= 0.3 is 5.97 Å². The SMILES string of the molecule is Cn1nc(C(=O)O)c2c1CCN([C@H]1CCSC1)C2. The molecule has 0 saturated carbocycles. The Morgan fingerprint density at radius 3 is 3.06 bits per heavy atom. The van der Waals surface area contributed by atoms with Crippen LogP contribution in [0.5, 0.6) is 0 Å². The minimum absolute atomic E-state index is 0.239. The number of carbonyl (C=O) groups is 1. The number of thioether (sulfide) groups is 1. The van der Waals surface area contributed by atoms with Gasteiger partial charge in [-0.2, -0.15) is 16.9 Å². The number of aromatic carboxylic acids is 1. The van der Waals surface area contributed by atoms with Crippen LogP contribution in [0.25, 0.3) is 0 Å². The quantitative estimate of drug-likeness (QED) is 0.865. The molecular weight excluding hydrogens is 250 g/mol. The van der Waals surface area contributed by atoms with E-state index in [2.05, 4.69) is 10.00 Å². The predicted octanol–water partition coefficient (Wildman–Crippen LogP) is 0.982. The van der Waals surface area contributed by atoms with Gasteiger partial charge in [0, 0.05) is 49.6 Å². The van der Waals surface area contributed by atoms with Crippen molar-refractivity contribution < 1.29 is 9.90 Å². The molecular formula is C12H17N3O2S. The normalized spacial score (nSPS) is 24.2. The average Bonchev–Trinajstić information content (AvgIpc) is 2.97. The highest BCUT2D eigenvalue weighted by Gasteiger charge is 2.31. The second-order valence-corrected chi connectivity index (χ2v) is 6.09. The molecule has 3 heterocycles. The van der Waals surface area contributed by atoms with Crippen molar-refractivity contribution in [1.82, 2.24) is 14.7 Å². The summed E-state index contributed by atoms with van der Waals surface area (Å²) < 4.78 is 1.74. The molecule has 0 spiro atoms. The van der Waals surface area contributed by atoms with Crippen molar-refractivity contribution in [1.29, 1.82) is 0 Å². The molecule has 0 radical (unpaired) electrons. The third-order valence-corrected chi connectivity index (χ3v) is 5.04. The maximum Gasteiger partial charge on any atom is 0.356 e. The average molecular weight is 267 g/mol. The summed E-state index contributed by atoms with van der Waals surface area (Å²) in [5.74, 6) is 1.50. The lowest BCUT2D eigenvalue weighted by Crippen LogP contribution is -2.39. The van der Waals surface area contributed by atoms with E-state index in [0.29, 0.717) is 6.04 Å². The third kappa shape index (κ3) is 1.93. The van der Waals surface area contributed by atoms with Crippen LogP contribution in [-0.2, 0) is 20.0 Å². The number of carboxylic acid groups (broad SMARTS) is 1. The number of aromatic nitrogens is 2. The maximum atomic E-state index is 11.2. The van der Waals surface area contributed by atoms with Crippen LogP contribution in [0.4, 0.5) is 0 Å². The summed E-state index contributed by atoms with van der Waals surface area (Å²) in [5, 5.41) is 13.3. The monoisotopic (exact) mass is 267 g/mol. The molecule has 1 fully saturated rings. The summed E-state index contributed by atoms with van der Waals surface area (Å²) in [6.07, 6.45) is 2.13. The summed E-state index contributed by atoms with van der Waals surface area (Å²) >= 11 is 1.99. The van der Waals surface area contributed by atoms with Crippen LogP contribution in [-0.4, -0.2) is 49.8 Å². The van der Waals surface area contributed by atoms with E-state index in [4.69, 9.17) is 0 Å². The lowest BCUT2D eigenvalue weighted by Gasteiger charge is -2.32. The van der Waals surface area contributed by atoms with Crippen molar-refractivity contribution in [2.75, 3.05) is 18.1 Å². The smallest absolute Gasteiger partial charge is 0.356 e. The van der Waals surface area contributed by atoms with Crippen LogP contribution in [0, 0.1) is 0 Å². The van der Waals surface area contributed by atoms with E-state index in [-0.39, 0.29) is 5.69 Å². The first kappa shape index (κ1) is 12.0. The second kappa shape index (κ2) is 4.59. The lowest BCUT2D eigenvalue weighted by atomic mass is 10.0. The Kier molecular flexibility index (Phi) is 3.07. The molecule has 1 N–H and O–H groups in total. The van der Waals surface area contributed by atoms with Crippen LogP contribution < -0.4 is 0 Å². The van der Waals surface area contributed by atoms with E-state index < -0.39 is 5.97 Å². The van der Waals surface area contributed by atoms with Gasteiger partial charge in [0.1, 0.15) is 0 Å². The number of aryl methyl sites for hydroxylation is 1. The highest BCUT2D eigenvalue weighted by Crippen LogP contribution is 2.28. The Morgan fingerprint density at radius 2 is 2.39 bits per heavy atom. The van der Waals surface area contributed by atoms with Gasteiger partial charge in [-0.15, -0.1) is 0 Å². The number of nitrogens with zero attached hydrogens (tertiary/aromatic N) is 3. The van der Waals surface area contributed by atoms with Gasteiger partial charge in [0.15, 0.2) is 5.69 Å².